The van der Waals surface area contributed by atoms with E-state index < -0.39 is 5.82 Å². The molecule has 2 amide bonds. The fourth-order valence-electron chi connectivity index (χ4n) is 4.16. The molecule has 2 fully saturated rings. The first-order valence-corrected chi connectivity index (χ1v) is 10.8. The van der Waals surface area contributed by atoms with Gasteiger partial charge in [0.15, 0.2) is 0 Å². The molecule has 2 aliphatic heterocycles. The number of hydrogen-bond acceptors (Lipinski definition) is 4. The Labute approximate surface area is 173 Å². The Morgan fingerprint density at radius 2 is 1.97 bits per heavy atom. The van der Waals surface area contributed by atoms with Gasteiger partial charge in [0.25, 0.3) is 5.91 Å². The minimum absolute atomic E-state index is 0.0786. The van der Waals surface area contributed by atoms with Crippen LogP contribution < -0.4 is 5.32 Å². The van der Waals surface area contributed by atoms with Crippen molar-refractivity contribution in [3.63, 3.8) is 0 Å². The molecule has 0 bridgehead atoms. The molecule has 2 aliphatic rings. The standard InChI is InChI=1S/C22H33FN4O2/c1-18-5-2-3-11-25(18)15-16-27(22(29)19-6-4-7-20(23)17-19)12-8-21(28)26-13-9-24-10-14-26/h4,6-7,17-18,24H,2-3,5,8-16H2,1H3/t18-/m1/s1. The van der Waals surface area contributed by atoms with E-state index in [4.69, 9.17) is 0 Å². The van der Waals surface area contributed by atoms with Crippen molar-refractivity contribution in [1.29, 1.82) is 0 Å². The van der Waals surface area contributed by atoms with Gasteiger partial charge in [0, 0.05) is 63.8 Å². The average Bonchev–Trinajstić information content (AvgIpc) is 2.75. The van der Waals surface area contributed by atoms with Gasteiger partial charge >= 0.3 is 0 Å². The fraction of sp³-hybridized carbons (Fsp3) is 0.636. The summed E-state index contributed by atoms with van der Waals surface area (Å²) in [7, 11) is 0. The lowest BCUT2D eigenvalue weighted by Crippen LogP contribution is -2.48. The van der Waals surface area contributed by atoms with Crippen molar-refractivity contribution in [2.24, 2.45) is 0 Å². The Kier molecular flexibility index (Phi) is 8.00. The van der Waals surface area contributed by atoms with Crippen molar-refractivity contribution in [3.8, 4) is 0 Å². The summed E-state index contributed by atoms with van der Waals surface area (Å²) in [5.74, 6) is -0.547. The summed E-state index contributed by atoms with van der Waals surface area (Å²) in [6, 6.07) is 6.32. The molecule has 0 aliphatic carbocycles. The molecule has 6 nitrogen and oxygen atoms in total. The number of hydrogen-bond donors (Lipinski definition) is 1. The Balaban J connectivity index is 1.63. The number of nitrogens with one attached hydrogen (secondary N) is 1. The quantitative estimate of drug-likeness (QED) is 0.755. The number of piperidine rings is 1. The summed E-state index contributed by atoms with van der Waals surface area (Å²) in [6.45, 7) is 8.01. The van der Waals surface area contributed by atoms with E-state index in [1.54, 1.807) is 17.0 Å². The molecule has 1 atom stereocenters. The lowest BCUT2D eigenvalue weighted by atomic mass is 10.0. The van der Waals surface area contributed by atoms with Crippen molar-refractivity contribution < 1.29 is 14.0 Å². The van der Waals surface area contributed by atoms with E-state index in [9.17, 15) is 14.0 Å². The van der Waals surface area contributed by atoms with Crippen LogP contribution in [-0.4, -0.2) is 84.9 Å². The average molecular weight is 405 g/mol. The third-order valence-electron chi connectivity index (χ3n) is 6.02. The molecule has 2 saturated heterocycles. The van der Waals surface area contributed by atoms with Gasteiger partial charge in [0.1, 0.15) is 5.82 Å². The number of nitrogens with zero attached hydrogens (tertiary/aromatic N) is 3. The molecular formula is C22H33FN4O2. The topological polar surface area (TPSA) is 55.9 Å². The second-order valence-corrected chi connectivity index (χ2v) is 8.06. The number of rotatable bonds is 7. The normalized spacial score (nSPS) is 20.5. The van der Waals surface area contributed by atoms with Gasteiger partial charge in [-0.3, -0.25) is 14.5 Å². The van der Waals surface area contributed by atoms with Crippen LogP contribution in [0.15, 0.2) is 24.3 Å². The lowest BCUT2D eigenvalue weighted by Gasteiger charge is -2.35. The van der Waals surface area contributed by atoms with E-state index in [0.29, 0.717) is 44.2 Å². The Morgan fingerprint density at radius 3 is 2.69 bits per heavy atom. The number of carbonyl (C=O) groups excluding carboxylic acids is 2. The Hall–Kier alpha value is -1.99. The van der Waals surface area contributed by atoms with E-state index >= 15 is 0 Å². The van der Waals surface area contributed by atoms with Crippen LogP contribution in [0.25, 0.3) is 0 Å². The van der Waals surface area contributed by atoms with Gasteiger partial charge in [0.05, 0.1) is 0 Å². The highest BCUT2D eigenvalue weighted by atomic mass is 19.1. The molecular weight excluding hydrogens is 371 g/mol. The Morgan fingerprint density at radius 1 is 1.17 bits per heavy atom. The Bertz CT molecular complexity index is 693. The predicted molar refractivity (Wildman–Crippen MR) is 111 cm³/mol. The summed E-state index contributed by atoms with van der Waals surface area (Å²) in [4.78, 5) is 31.6. The first-order chi connectivity index (χ1) is 14.0. The zero-order valence-corrected chi connectivity index (χ0v) is 17.4. The van der Waals surface area contributed by atoms with E-state index in [0.717, 1.165) is 26.2 Å². The highest BCUT2D eigenvalue weighted by molar-refractivity contribution is 5.94. The second kappa shape index (κ2) is 10.7. The maximum absolute atomic E-state index is 13.6. The number of carbonyl (C=O) groups is 2. The van der Waals surface area contributed by atoms with Crippen LogP contribution >= 0.6 is 0 Å². The van der Waals surface area contributed by atoms with Gasteiger partial charge < -0.3 is 15.1 Å². The van der Waals surface area contributed by atoms with Gasteiger partial charge in [0.2, 0.25) is 5.91 Å². The lowest BCUT2D eigenvalue weighted by molar-refractivity contribution is -0.131. The first kappa shape index (κ1) is 21.7. The van der Waals surface area contributed by atoms with Crippen molar-refractivity contribution >= 4 is 11.8 Å². The molecule has 7 heteroatoms. The summed E-state index contributed by atoms with van der Waals surface area (Å²) in [6.07, 6.45) is 3.92. The zero-order chi connectivity index (χ0) is 20.6. The van der Waals surface area contributed by atoms with Gasteiger partial charge in [-0.1, -0.05) is 12.5 Å². The van der Waals surface area contributed by atoms with Crippen LogP contribution in [0.4, 0.5) is 4.39 Å². The predicted octanol–water partition coefficient (Wildman–Crippen LogP) is 1.96. The molecule has 0 saturated carbocycles. The maximum atomic E-state index is 13.6. The monoisotopic (exact) mass is 404 g/mol. The molecule has 0 unspecified atom stereocenters. The second-order valence-electron chi connectivity index (χ2n) is 8.06. The number of piperazine rings is 1. The molecule has 1 aromatic rings. The smallest absolute Gasteiger partial charge is 0.254 e. The minimum atomic E-state index is -0.419. The van der Waals surface area contributed by atoms with Crippen molar-refractivity contribution in [2.75, 3.05) is 52.4 Å². The van der Waals surface area contributed by atoms with Crippen LogP contribution in [0.5, 0.6) is 0 Å². The first-order valence-electron chi connectivity index (χ1n) is 10.8. The highest BCUT2D eigenvalue weighted by Crippen LogP contribution is 2.16. The van der Waals surface area contributed by atoms with E-state index in [1.165, 1.54) is 31.4 Å². The molecule has 1 aromatic carbocycles. The van der Waals surface area contributed by atoms with Crippen LogP contribution in [0, 0.1) is 5.82 Å². The number of amides is 2. The molecule has 0 spiro atoms. The molecule has 160 valence electrons. The van der Waals surface area contributed by atoms with E-state index in [1.807, 2.05) is 4.90 Å². The summed E-state index contributed by atoms with van der Waals surface area (Å²) < 4.78 is 13.6. The van der Waals surface area contributed by atoms with Crippen molar-refractivity contribution in [3.05, 3.63) is 35.6 Å². The third kappa shape index (κ3) is 6.24. The zero-order valence-electron chi connectivity index (χ0n) is 17.4. The molecule has 3 rings (SSSR count). The molecule has 1 N–H and O–H groups in total. The van der Waals surface area contributed by atoms with Crippen LogP contribution in [0.1, 0.15) is 43.0 Å². The summed E-state index contributed by atoms with van der Waals surface area (Å²) >= 11 is 0. The molecule has 2 heterocycles. The molecule has 0 radical (unpaired) electrons. The van der Waals surface area contributed by atoms with Gasteiger partial charge in [-0.25, -0.2) is 4.39 Å². The number of likely N-dealkylation sites (tertiary alicyclic amines) is 1. The SMILES string of the molecule is C[C@@H]1CCCCN1CCN(CCC(=O)N1CCNCC1)C(=O)c1cccc(F)c1. The van der Waals surface area contributed by atoms with E-state index in [2.05, 4.69) is 17.1 Å². The highest BCUT2D eigenvalue weighted by Gasteiger charge is 2.23. The van der Waals surface area contributed by atoms with Crippen molar-refractivity contribution in [2.45, 2.75) is 38.6 Å². The molecule has 0 aromatic heterocycles. The van der Waals surface area contributed by atoms with Crippen LogP contribution in [-0.2, 0) is 4.79 Å². The van der Waals surface area contributed by atoms with Crippen LogP contribution in [0.3, 0.4) is 0 Å². The summed E-state index contributed by atoms with van der Waals surface area (Å²) in [5, 5.41) is 3.24. The van der Waals surface area contributed by atoms with E-state index in [-0.39, 0.29) is 11.8 Å². The van der Waals surface area contributed by atoms with Crippen LogP contribution in [0.2, 0.25) is 0 Å². The number of benzene rings is 1. The van der Waals surface area contributed by atoms with Gasteiger partial charge in [-0.15, -0.1) is 0 Å². The maximum Gasteiger partial charge on any atom is 0.254 e. The van der Waals surface area contributed by atoms with Gasteiger partial charge in [-0.2, -0.15) is 0 Å². The third-order valence-corrected chi connectivity index (χ3v) is 6.02. The largest absolute Gasteiger partial charge is 0.340 e. The molecule has 29 heavy (non-hydrogen) atoms. The van der Waals surface area contributed by atoms with Crippen molar-refractivity contribution in [1.82, 2.24) is 20.0 Å². The summed E-state index contributed by atoms with van der Waals surface area (Å²) in [5.41, 5.74) is 0.339. The minimum Gasteiger partial charge on any atom is -0.340 e. The fourth-order valence-corrected chi connectivity index (χ4v) is 4.16. The number of halogens is 1. The van der Waals surface area contributed by atoms with Gasteiger partial charge in [-0.05, 0) is 44.5 Å².